The van der Waals surface area contributed by atoms with Crippen LogP contribution >= 0.6 is 0 Å². The molecule has 0 amide bonds. The topological polar surface area (TPSA) is 85.5 Å². The smallest absolute Gasteiger partial charge is 0.314 e. The number of hydrogen-bond donors (Lipinski definition) is 1. The molecule has 0 fully saturated rings. The number of nitrogens with zero attached hydrogens (tertiary/aromatic N) is 2. The summed E-state index contributed by atoms with van der Waals surface area (Å²) in [6.45, 7) is 1.49. The molecule has 0 aliphatic heterocycles. The van der Waals surface area contributed by atoms with Gasteiger partial charge in [-0.15, -0.1) is 0 Å². The minimum absolute atomic E-state index is 0.0734. The van der Waals surface area contributed by atoms with Crippen LogP contribution in [-0.4, -0.2) is 15.0 Å². The standard InChI is InChI=1S/C13H11FN2O4/c1-8(17)9-4-3-7-15-13(9)20-12-10(14)5-2-6-11(12)16(18)19/h2-8,17H,1H3/t8-/m0/s1. The lowest BCUT2D eigenvalue weighted by Crippen LogP contribution is -2.01. The summed E-state index contributed by atoms with van der Waals surface area (Å²) in [5, 5.41) is 20.5. The van der Waals surface area contributed by atoms with Gasteiger partial charge in [0.05, 0.1) is 11.0 Å². The Morgan fingerprint density at radius 2 is 2.15 bits per heavy atom. The molecule has 104 valence electrons. The summed E-state index contributed by atoms with van der Waals surface area (Å²) in [6, 6.07) is 6.51. The molecule has 1 N–H and O–H groups in total. The van der Waals surface area contributed by atoms with Crippen molar-refractivity contribution in [2.75, 3.05) is 0 Å². The summed E-state index contributed by atoms with van der Waals surface area (Å²) >= 11 is 0. The van der Waals surface area contributed by atoms with Crippen LogP contribution in [0.2, 0.25) is 0 Å². The van der Waals surface area contributed by atoms with E-state index in [1.807, 2.05) is 0 Å². The second-order valence-corrected chi connectivity index (χ2v) is 4.02. The molecule has 1 atom stereocenters. The maximum Gasteiger partial charge on any atom is 0.314 e. The van der Waals surface area contributed by atoms with Crippen LogP contribution < -0.4 is 4.74 Å². The minimum atomic E-state index is -0.899. The number of aromatic nitrogens is 1. The molecule has 0 saturated carbocycles. The number of benzene rings is 1. The average molecular weight is 278 g/mol. The molecular weight excluding hydrogens is 267 g/mol. The first-order chi connectivity index (χ1) is 9.50. The Hall–Kier alpha value is -2.54. The third-order valence-corrected chi connectivity index (χ3v) is 2.59. The third kappa shape index (κ3) is 2.72. The summed E-state index contributed by atoms with van der Waals surface area (Å²) in [6.07, 6.45) is 0.484. The molecule has 6 nitrogen and oxygen atoms in total. The van der Waals surface area contributed by atoms with Crippen molar-refractivity contribution in [2.45, 2.75) is 13.0 Å². The summed E-state index contributed by atoms with van der Waals surface area (Å²) in [4.78, 5) is 14.0. The van der Waals surface area contributed by atoms with Gasteiger partial charge in [-0.05, 0) is 25.1 Å². The lowest BCUT2D eigenvalue weighted by molar-refractivity contribution is -0.385. The van der Waals surface area contributed by atoms with E-state index in [1.54, 1.807) is 12.1 Å². The van der Waals surface area contributed by atoms with Crippen molar-refractivity contribution < 1.29 is 19.2 Å². The van der Waals surface area contributed by atoms with Crippen molar-refractivity contribution in [2.24, 2.45) is 0 Å². The fraction of sp³-hybridized carbons (Fsp3) is 0.154. The normalized spacial score (nSPS) is 11.9. The van der Waals surface area contributed by atoms with Gasteiger partial charge in [0.15, 0.2) is 5.82 Å². The molecular formula is C13H11FN2O4. The Kier molecular flexibility index (Phi) is 3.90. The zero-order valence-electron chi connectivity index (χ0n) is 10.5. The first-order valence-corrected chi connectivity index (χ1v) is 5.74. The van der Waals surface area contributed by atoms with E-state index in [0.717, 1.165) is 12.1 Å². The molecule has 0 aliphatic carbocycles. The number of pyridine rings is 1. The molecule has 1 aromatic heterocycles. The van der Waals surface area contributed by atoms with Crippen LogP contribution in [0, 0.1) is 15.9 Å². The number of nitro groups is 1. The number of nitro benzene ring substituents is 1. The molecule has 2 rings (SSSR count). The summed E-state index contributed by atoms with van der Waals surface area (Å²) in [5.74, 6) is -1.48. The molecule has 7 heteroatoms. The van der Waals surface area contributed by atoms with Crippen molar-refractivity contribution in [3.8, 4) is 11.6 Å². The van der Waals surface area contributed by atoms with Crippen molar-refractivity contribution >= 4 is 5.69 Å². The Labute approximate surface area is 113 Å². The Morgan fingerprint density at radius 3 is 2.80 bits per heavy atom. The third-order valence-electron chi connectivity index (χ3n) is 2.59. The Balaban J connectivity index is 2.48. The summed E-state index contributed by atoms with van der Waals surface area (Å²) < 4.78 is 18.9. The highest BCUT2D eigenvalue weighted by Gasteiger charge is 2.22. The van der Waals surface area contributed by atoms with E-state index in [4.69, 9.17) is 4.74 Å². The molecule has 0 bridgehead atoms. The number of aliphatic hydroxyl groups is 1. The fourth-order valence-corrected chi connectivity index (χ4v) is 1.65. The lowest BCUT2D eigenvalue weighted by atomic mass is 10.2. The lowest BCUT2D eigenvalue weighted by Gasteiger charge is -2.11. The summed E-state index contributed by atoms with van der Waals surface area (Å²) in [5.41, 5.74) is -0.197. The van der Waals surface area contributed by atoms with Gasteiger partial charge in [0, 0.05) is 17.8 Å². The van der Waals surface area contributed by atoms with Crippen LogP contribution in [0.1, 0.15) is 18.6 Å². The van der Waals surface area contributed by atoms with Gasteiger partial charge in [0.1, 0.15) is 0 Å². The van der Waals surface area contributed by atoms with Gasteiger partial charge in [0.25, 0.3) is 0 Å². The molecule has 20 heavy (non-hydrogen) atoms. The molecule has 0 saturated heterocycles. The van der Waals surface area contributed by atoms with E-state index in [9.17, 15) is 19.6 Å². The Morgan fingerprint density at radius 1 is 1.40 bits per heavy atom. The maximum absolute atomic E-state index is 13.7. The van der Waals surface area contributed by atoms with E-state index in [2.05, 4.69) is 4.98 Å². The molecule has 0 radical (unpaired) electrons. The molecule has 0 aliphatic rings. The van der Waals surface area contributed by atoms with E-state index >= 15 is 0 Å². The van der Waals surface area contributed by atoms with E-state index in [0.29, 0.717) is 5.56 Å². The summed E-state index contributed by atoms with van der Waals surface area (Å²) in [7, 11) is 0. The van der Waals surface area contributed by atoms with Crippen LogP contribution in [0.15, 0.2) is 36.5 Å². The van der Waals surface area contributed by atoms with Crippen LogP contribution in [0.4, 0.5) is 10.1 Å². The van der Waals surface area contributed by atoms with E-state index in [1.165, 1.54) is 19.2 Å². The second kappa shape index (κ2) is 5.62. The largest absolute Gasteiger partial charge is 0.428 e. The van der Waals surface area contributed by atoms with E-state index in [-0.39, 0.29) is 5.88 Å². The highest BCUT2D eigenvalue weighted by Crippen LogP contribution is 2.35. The van der Waals surface area contributed by atoms with Crippen LogP contribution in [0.5, 0.6) is 11.6 Å². The van der Waals surface area contributed by atoms with Gasteiger partial charge in [-0.2, -0.15) is 0 Å². The fourth-order valence-electron chi connectivity index (χ4n) is 1.65. The number of rotatable bonds is 4. The van der Waals surface area contributed by atoms with Crippen molar-refractivity contribution in [3.63, 3.8) is 0 Å². The van der Waals surface area contributed by atoms with Gasteiger partial charge in [-0.25, -0.2) is 9.37 Å². The quantitative estimate of drug-likeness (QED) is 0.686. The minimum Gasteiger partial charge on any atom is -0.428 e. The average Bonchev–Trinajstić information content (AvgIpc) is 2.41. The zero-order chi connectivity index (χ0) is 14.7. The number of halogens is 1. The van der Waals surface area contributed by atoms with Gasteiger partial charge >= 0.3 is 5.69 Å². The van der Waals surface area contributed by atoms with Gasteiger partial charge in [-0.3, -0.25) is 10.1 Å². The van der Waals surface area contributed by atoms with Crippen LogP contribution in [0.3, 0.4) is 0 Å². The molecule has 0 unspecified atom stereocenters. The number of ether oxygens (including phenoxy) is 1. The molecule has 1 aromatic carbocycles. The van der Waals surface area contributed by atoms with Gasteiger partial charge in [0.2, 0.25) is 11.6 Å². The van der Waals surface area contributed by atoms with Crippen molar-refractivity contribution in [1.82, 2.24) is 4.98 Å². The van der Waals surface area contributed by atoms with Crippen LogP contribution in [-0.2, 0) is 0 Å². The number of aliphatic hydroxyl groups excluding tert-OH is 1. The first-order valence-electron chi connectivity index (χ1n) is 5.74. The predicted molar refractivity (Wildman–Crippen MR) is 68.0 cm³/mol. The maximum atomic E-state index is 13.7. The van der Waals surface area contributed by atoms with Crippen molar-refractivity contribution in [3.05, 3.63) is 58.0 Å². The molecule has 2 aromatic rings. The highest BCUT2D eigenvalue weighted by molar-refractivity contribution is 5.49. The highest BCUT2D eigenvalue weighted by atomic mass is 19.1. The zero-order valence-corrected chi connectivity index (χ0v) is 10.5. The monoisotopic (exact) mass is 278 g/mol. The molecule has 0 spiro atoms. The van der Waals surface area contributed by atoms with E-state index < -0.39 is 28.3 Å². The second-order valence-electron chi connectivity index (χ2n) is 4.02. The van der Waals surface area contributed by atoms with Gasteiger partial charge < -0.3 is 9.84 Å². The Bertz CT molecular complexity index is 646. The first kappa shape index (κ1) is 13.9. The van der Waals surface area contributed by atoms with Crippen LogP contribution in [0.25, 0.3) is 0 Å². The van der Waals surface area contributed by atoms with Crippen molar-refractivity contribution in [1.29, 1.82) is 0 Å². The number of hydrogen-bond acceptors (Lipinski definition) is 5. The molecule has 1 heterocycles. The van der Waals surface area contributed by atoms with Gasteiger partial charge in [-0.1, -0.05) is 6.07 Å². The SMILES string of the molecule is C[C@H](O)c1cccnc1Oc1c(F)cccc1[N+](=O)[O-]. The number of para-hydroxylation sites is 1. The predicted octanol–water partition coefficient (Wildman–Crippen LogP) is 2.97.